The maximum absolute atomic E-state index is 12.7. The molecule has 1 nitrogen and oxygen atoms in total. The molecule has 0 bridgehead atoms. The Hall–Kier alpha value is -0.670. The lowest BCUT2D eigenvalue weighted by molar-refractivity contribution is 0.0622. The van der Waals surface area contributed by atoms with Crippen LogP contribution in [0.2, 0.25) is 5.02 Å². The third-order valence-electron chi connectivity index (χ3n) is 2.21. The second-order valence-electron chi connectivity index (χ2n) is 3.52. The maximum Gasteiger partial charge on any atom is 0.260 e. The van der Waals surface area contributed by atoms with E-state index in [0.29, 0.717) is 11.1 Å². The van der Waals surface area contributed by atoms with Crippen molar-refractivity contribution in [2.24, 2.45) is 5.73 Å². The highest BCUT2D eigenvalue weighted by Crippen LogP contribution is 2.33. The van der Waals surface area contributed by atoms with E-state index in [1.54, 1.807) is 25.1 Å². The summed E-state index contributed by atoms with van der Waals surface area (Å²) in [7, 11) is 0. The Morgan fingerprint density at radius 2 is 2.00 bits per heavy atom. The number of benzene rings is 1. The van der Waals surface area contributed by atoms with Gasteiger partial charge in [-0.3, -0.25) is 0 Å². The van der Waals surface area contributed by atoms with E-state index in [0.717, 1.165) is 0 Å². The molecule has 0 aliphatic heterocycles. The number of halogens is 3. The molecule has 4 heteroatoms. The molecule has 2 N–H and O–H groups in total. The number of nitrogens with two attached hydrogens (primary N) is 1. The standard InChI is InChI=1S/C10H12ClF2N/c1-6-4-3-5-7(11)8(6)10(2,14)9(12)13/h3-5,9H,14H2,1-2H3. The molecule has 1 aromatic carbocycles. The van der Waals surface area contributed by atoms with Crippen LogP contribution in [0.1, 0.15) is 18.1 Å². The third-order valence-corrected chi connectivity index (χ3v) is 2.53. The predicted molar refractivity (Wildman–Crippen MR) is 53.7 cm³/mol. The fraction of sp³-hybridized carbons (Fsp3) is 0.400. The molecule has 0 spiro atoms. The van der Waals surface area contributed by atoms with Crippen molar-refractivity contribution in [3.63, 3.8) is 0 Å². The van der Waals surface area contributed by atoms with Crippen LogP contribution in [0.15, 0.2) is 18.2 Å². The lowest BCUT2D eigenvalue weighted by Crippen LogP contribution is -2.41. The van der Waals surface area contributed by atoms with Crippen LogP contribution in [0.25, 0.3) is 0 Å². The molecule has 1 atom stereocenters. The van der Waals surface area contributed by atoms with Crippen LogP contribution < -0.4 is 5.73 Å². The van der Waals surface area contributed by atoms with Gasteiger partial charge in [0.15, 0.2) is 0 Å². The Kier molecular flexibility index (Phi) is 3.12. The third kappa shape index (κ3) is 1.88. The van der Waals surface area contributed by atoms with Gasteiger partial charge in [0, 0.05) is 5.02 Å². The van der Waals surface area contributed by atoms with E-state index in [1.807, 2.05) is 0 Å². The van der Waals surface area contributed by atoms with Gasteiger partial charge in [-0.25, -0.2) is 8.78 Å². The maximum atomic E-state index is 12.7. The first-order valence-electron chi connectivity index (χ1n) is 4.20. The second-order valence-corrected chi connectivity index (χ2v) is 3.92. The first-order chi connectivity index (χ1) is 6.37. The molecule has 0 aromatic heterocycles. The summed E-state index contributed by atoms with van der Waals surface area (Å²) in [5.41, 5.74) is 4.86. The van der Waals surface area contributed by atoms with Crippen LogP contribution in [0.4, 0.5) is 8.78 Å². The Morgan fingerprint density at radius 1 is 1.43 bits per heavy atom. The van der Waals surface area contributed by atoms with Gasteiger partial charge < -0.3 is 5.73 Å². The molecule has 14 heavy (non-hydrogen) atoms. The van der Waals surface area contributed by atoms with Crippen LogP contribution >= 0.6 is 11.6 Å². The zero-order valence-electron chi connectivity index (χ0n) is 8.02. The molecule has 0 aliphatic rings. The molecule has 0 amide bonds. The summed E-state index contributed by atoms with van der Waals surface area (Å²) in [4.78, 5) is 0. The SMILES string of the molecule is Cc1cccc(Cl)c1C(C)(N)C(F)F. The van der Waals surface area contributed by atoms with Crippen molar-refractivity contribution in [1.82, 2.24) is 0 Å². The van der Waals surface area contributed by atoms with E-state index < -0.39 is 12.0 Å². The van der Waals surface area contributed by atoms with E-state index in [9.17, 15) is 8.78 Å². The lowest BCUT2D eigenvalue weighted by atomic mass is 9.90. The summed E-state index contributed by atoms with van der Waals surface area (Å²) in [6.07, 6.45) is -2.64. The highest BCUT2D eigenvalue weighted by molar-refractivity contribution is 6.31. The Bertz CT molecular complexity index is 317. The fourth-order valence-corrected chi connectivity index (χ4v) is 1.85. The molecular weight excluding hydrogens is 208 g/mol. The average molecular weight is 220 g/mol. The first-order valence-corrected chi connectivity index (χ1v) is 4.57. The van der Waals surface area contributed by atoms with Gasteiger partial charge in [-0.05, 0) is 31.0 Å². The summed E-state index contributed by atoms with van der Waals surface area (Å²) in [5.74, 6) is 0. The summed E-state index contributed by atoms with van der Waals surface area (Å²) >= 11 is 5.84. The Balaban J connectivity index is 3.31. The van der Waals surface area contributed by atoms with Crippen LogP contribution in [-0.4, -0.2) is 6.43 Å². The molecule has 0 fully saturated rings. The van der Waals surface area contributed by atoms with E-state index in [2.05, 4.69) is 0 Å². The summed E-state index contributed by atoms with van der Waals surface area (Å²) in [6, 6.07) is 4.99. The van der Waals surface area contributed by atoms with E-state index >= 15 is 0 Å². The normalized spacial score (nSPS) is 15.6. The van der Waals surface area contributed by atoms with Gasteiger partial charge in [-0.1, -0.05) is 23.7 Å². The Morgan fingerprint density at radius 3 is 2.43 bits per heavy atom. The minimum atomic E-state index is -2.64. The number of hydrogen-bond donors (Lipinski definition) is 1. The predicted octanol–water partition coefficient (Wildman–Crippen LogP) is 3.09. The van der Waals surface area contributed by atoms with Gasteiger partial charge in [0.25, 0.3) is 6.43 Å². The Labute approximate surface area is 86.9 Å². The molecule has 1 unspecified atom stereocenters. The van der Waals surface area contributed by atoms with Gasteiger partial charge in [-0.15, -0.1) is 0 Å². The van der Waals surface area contributed by atoms with Crippen molar-refractivity contribution in [3.8, 4) is 0 Å². The lowest BCUT2D eigenvalue weighted by Gasteiger charge is -2.26. The van der Waals surface area contributed by atoms with E-state index in [4.69, 9.17) is 17.3 Å². The quantitative estimate of drug-likeness (QED) is 0.813. The number of aryl methyl sites for hydroxylation is 1. The molecule has 78 valence electrons. The molecule has 0 radical (unpaired) electrons. The molecule has 0 heterocycles. The summed E-state index contributed by atoms with van der Waals surface area (Å²) < 4.78 is 25.3. The smallest absolute Gasteiger partial charge is 0.260 e. The minimum absolute atomic E-state index is 0.287. The van der Waals surface area contributed by atoms with Gasteiger partial charge >= 0.3 is 0 Å². The molecular formula is C10H12ClF2N. The first kappa shape index (κ1) is 11.4. The van der Waals surface area contributed by atoms with Crippen molar-refractivity contribution in [2.75, 3.05) is 0 Å². The van der Waals surface area contributed by atoms with Crippen LogP contribution in [0, 0.1) is 6.92 Å². The van der Waals surface area contributed by atoms with Gasteiger partial charge in [0.05, 0.1) is 0 Å². The van der Waals surface area contributed by atoms with Gasteiger partial charge in [0.2, 0.25) is 0 Å². The summed E-state index contributed by atoms with van der Waals surface area (Å²) in [6.45, 7) is 3.00. The zero-order chi connectivity index (χ0) is 10.9. The number of hydrogen-bond acceptors (Lipinski definition) is 1. The molecule has 0 saturated heterocycles. The topological polar surface area (TPSA) is 26.0 Å². The fourth-order valence-electron chi connectivity index (χ4n) is 1.42. The highest BCUT2D eigenvalue weighted by atomic mass is 35.5. The second kappa shape index (κ2) is 3.83. The van der Waals surface area contributed by atoms with Crippen molar-refractivity contribution < 1.29 is 8.78 Å². The van der Waals surface area contributed by atoms with Crippen LogP contribution in [-0.2, 0) is 5.54 Å². The van der Waals surface area contributed by atoms with Crippen molar-refractivity contribution in [3.05, 3.63) is 34.3 Å². The molecule has 0 saturated carbocycles. The van der Waals surface area contributed by atoms with Gasteiger partial charge in [-0.2, -0.15) is 0 Å². The van der Waals surface area contributed by atoms with E-state index in [1.165, 1.54) is 6.92 Å². The van der Waals surface area contributed by atoms with Gasteiger partial charge in [0.1, 0.15) is 5.54 Å². The molecule has 0 aliphatic carbocycles. The van der Waals surface area contributed by atoms with Crippen molar-refractivity contribution in [2.45, 2.75) is 25.8 Å². The minimum Gasteiger partial charge on any atom is -0.317 e. The summed E-state index contributed by atoms with van der Waals surface area (Å²) in [5, 5.41) is 0.287. The molecule has 1 rings (SSSR count). The largest absolute Gasteiger partial charge is 0.317 e. The van der Waals surface area contributed by atoms with Crippen molar-refractivity contribution in [1.29, 1.82) is 0 Å². The van der Waals surface area contributed by atoms with Crippen molar-refractivity contribution >= 4 is 11.6 Å². The zero-order valence-corrected chi connectivity index (χ0v) is 8.78. The van der Waals surface area contributed by atoms with Crippen LogP contribution in [0.3, 0.4) is 0 Å². The van der Waals surface area contributed by atoms with Crippen LogP contribution in [0.5, 0.6) is 0 Å². The molecule has 1 aromatic rings. The highest BCUT2D eigenvalue weighted by Gasteiger charge is 2.35. The monoisotopic (exact) mass is 219 g/mol. The number of alkyl halides is 2. The van der Waals surface area contributed by atoms with E-state index in [-0.39, 0.29) is 5.02 Å². The average Bonchev–Trinajstić information content (AvgIpc) is 2.02. The number of rotatable bonds is 2.